The molecule has 7 heteroatoms. The Morgan fingerprint density at radius 1 is 1.17 bits per heavy atom. The molecular weight excluding hydrogens is 252 g/mol. The Bertz CT molecular complexity index is 603. The van der Waals surface area contributed by atoms with Crippen LogP contribution in [0.5, 0.6) is 0 Å². The summed E-state index contributed by atoms with van der Waals surface area (Å²) in [5.41, 5.74) is 2.35. The van der Waals surface area contributed by atoms with Crippen LogP contribution in [0.2, 0.25) is 0 Å². The van der Waals surface area contributed by atoms with Gasteiger partial charge in [-0.3, -0.25) is 9.82 Å². The number of H-pyrrole nitrogens is 1. The number of hydrogen-bond donors (Lipinski definition) is 2. The van der Waals surface area contributed by atoms with Crippen molar-refractivity contribution in [2.75, 3.05) is 18.8 Å². The Balaban J connectivity index is 2.19. The van der Waals surface area contributed by atoms with Crippen LogP contribution in [0.4, 0.5) is 5.69 Å². The first kappa shape index (κ1) is 12.6. The van der Waals surface area contributed by atoms with Gasteiger partial charge in [-0.05, 0) is 23.8 Å². The average Bonchev–Trinajstić information content (AvgIpc) is 2.83. The van der Waals surface area contributed by atoms with E-state index in [1.807, 2.05) is 18.2 Å². The van der Waals surface area contributed by atoms with Gasteiger partial charge in [0.15, 0.2) is 0 Å². The van der Waals surface area contributed by atoms with Gasteiger partial charge in [0.2, 0.25) is 0 Å². The molecule has 6 nitrogen and oxygen atoms in total. The summed E-state index contributed by atoms with van der Waals surface area (Å²) < 4.78 is 26.8. The molecule has 0 spiro atoms. The van der Waals surface area contributed by atoms with Gasteiger partial charge in [-0.15, -0.1) is 0 Å². The second-order valence-corrected chi connectivity index (χ2v) is 5.82. The second kappa shape index (κ2) is 4.79. The molecule has 96 valence electrons. The van der Waals surface area contributed by atoms with Crippen molar-refractivity contribution in [1.29, 1.82) is 0 Å². The molecule has 0 aliphatic rings. The number of aromatic amines is 1. The van der Waals surface area contributed by atoms with Crippen molar-refractivity contribution in [3.63, 3.8) is 0 Å². The number of hydrogen-bond acceptors (Lipinski definition) is 3. The minimum Gasteiger partial charge on any atom is -0.278 e. The molecule has 1 heterocycles. The maximum atomic E-state index is 11.6. The number of anilines is 1. The van der Waals surface area contributed by atoms with Crippen molar-refractivity contribution in [3.05, 3.63) is 36.5 Å². The van der Waals surface area contributed by atoms with E-state index < -0.39 is 10.2 Å². The smallest absolute Gasteiger partial charge is 0.278 e. The minimum atomic E-state index is -3.45. The van der Waals surface area contributed by atoms with Gasteiger partial charge in [-0.1, -0.05) is 12.1 Å². The van der Waals surface area contributed by atoms with Crippen LogP contribution >= 0.6 is 0 Å². The molecule has 0 unspecified atom stereocenters. The highest BCUT2D eigenvalue weighted by molar-refractivity contribution is 7.90. The van der Waals surface area contributed by atoms with Gasteiger partial charge in [-0.25, -0.2) is 0 Å². The molecule has 0 saturated carbocycles. The van der Waals surface area contributed by atoms with E-state index in [1.54, 1.807) is 18.3 Å². The van der Waals surface area contributed by atoms with Gasteiger partial charge in [0.1, 0.15) is 0 Å². The van der Waals surface area contributed by atoms with Crippen LogP contribution in [0.25, 0.3) is 11.3 Å². The summed E-state index contributed by atoms with van der Waals surface area (Å²) in [5.74, 6) is 0. The molecule has 0 fully saturated rings. The summed E-state index contributed by atoms with van der Waals surface area (Å²) in [6, 6.07) is 8.90. The first-order valence-electron chi connectivity index (χ1n) is 5.29. The lowest BCUT2D eigenvalue weighted by molar-refractivity contribution is 0.527. The maximum Gasteiger partial charge on any atom is 0.301 e. The van der Waals surface area contributed by atoms with E-state index in [4.69, 9.17) is 0 Å². The van der Waals surface area contributed by atoms with Gasteiger partial charge in [0.25, 0.3) is 0 Å². The zero-order valence-electron chi connectivity index (χ0n) is 10.1. The Labute approximate surface area is 106 Å². The molecular formula is C11H14N4O2S. The highest BCUT2D eigenvalue weighted by atomic mass is 32.2. The molecule has 1 aromatic carbocycles. The van der Waals surface area contributed by atoms with Crippen molar-refractivity contribution in [3.8, 4) is 11.3 Å². The highest BCUT2D eigenvalue weighted by Gasteiger charge is 2.12. The van der Waals surface area contributed by atoms with Gasteiger partial charge >= 0.3 is 10.2 Å². The van der Waals surface area contributed by atoms with Crippen LogP contribution in [-0.2, 0) is 10.2 Å². The molecule has 2 aromatic rings. The molecule has 0 bridgehead atoms. The van der Waals surface area contributed by atoms with Crippen molar-refractivity contribution in [1.82, 2.24) is 14.5 Å². The monoisotopic (exact) mass is 266 g/mol. The first-order valence-corrected chi connectivity index (χ1v) is 6.73. The normalized spacial score (nSPS) is 11.7. The molecule has 0 amide bonds. The SMILES string of the molecule is CN(C)S(=O)(=O)Nc1ccc(-c2ccn[nH]2)cc1. The van der Waals surface area contributed by atoms with Crippen LogP contribution in [0, 0.1) is 0 Å². The van der Waals surface area contributed by atoms with Crippen molar-refractivity contribution in [2.24, 2.45) is 0 Å². The molecule has 2 N–H and O–H groups in total. The molecule has 18 heavy (non-hydrogen) atoms. The van der Waals surface area contributed by atoms with E-state index in [0.717, 1.165) is 15.6 Å². The predicted molar refractivity (Wildman–Crippen MR) is 70.3 cm³/mol. The minimum absolute atomic E-state index is 0.520. The molecule has 0 radical (unpaired) electrons. The van der Waals surface area contributed by atoms with Gasteiger partial charge in [-0.2, -0.15) is 17.8 Å². The van der Waals surface area contributed by atoms with Gasteiger partial charge in [0.05, 0.1) is 5.69 Å². The number of aromatic nitrogens is 2. The Morgan fingerprint density at radius 3 is 2.33 bits per heavy atom. The van der Waals surface area contributed by atoms with E-state index in [9.17, 15) is 8.42 Å². The second-order valence-electron chi connectivity index (χ2n) is 3.94. The topological polar surface area (TPSA) is 78.1 Å². The van der Waals surface area contributed by atoms with Gasteiger partial charge < -0.3 is 0 Å². The third-order valence-corrected chi connectivity index (χ3v) is 3.88. The molecule has 0 aliphatic heterocycles. The quantitative estimate of drug-likeness (QED) is 0.875. The number of nitrogens with zero attached hydrogens (tertiary/aromatic N) is 2. The number of nitrogens with one attached hydrogen (secondary N) is 2. The number of rotatable bonds is 4. The molecule has 2 rings (SSSR count). The fourth-order valence-corrected chi connectivity index (χ4v) is 1.99. The number of benzene rings is 1. The summed E-state index contributed by atoms with van der Waals surface area (Å²) in [7, 11) is -0.508. The molecule has 0 atom stereocenters. The lowest BCUT2D eigenvalue weighted by atomic mass is 10.1. The van der Waals surface area contributed by atoms with Crippen LogP contribution in [0.3, 0.4) is 0 Å². The van der Waals surface area contributed by atoms with E-state index in [1.165, 1.54) is 14.1 Å². The predicted octanol–water partition coefficient (Wildman–Crippen LogP) is 1.29. The zero-order valence-corrected chi connectivity index (χ0v) is 10.9. The summed E-state index contributed by atoms with van der Waals surface area (Å²) in [5, 5.41) is 6.70. The third-order valence-electron chi connectivity index (χ3n) is 2.42. The lowest BCUT2D eigenvalue weighted by Crippen LogP contribution is -2.28. The van der Waals surface area contributed by atoms with Crippen molar-refractivity contribution >= 4 is 15.9 Å². The van der Waals surface area contributed by atoms with Crippen molar-refractivity contribution < 1.29 is 8.42 Å². The largest absolute Gasteiger partial charge is 0.301 e. The summed E-state index contributed by atoms with van der Waals surface area (Å²) in [4.78, 5) is 0. The van der Waals surface area contributed by atoms with E-state index in [2.05, 4.69) is 14.9 Å². The van der Waals surface area contributed by atoms with Crippen LogP contribution in [0.1, 0.15) is 0 Å². The third kappa shape index (κ3) is 2.69. The zero-order chi connectivity index (χ0) is 13.2. The summed E-state index contributed by atoms with van der Waals surface area (Å²) in [6.07, 6.45) is 1.66. The molecule has 0 aliphatic carbocycles. The summed E-state index contributed by atoms with van der Waals surface area (Å²) >= 11 is 0. The Kier molecular flexibility index (Phi) is 3.35. The Morgan fingerprint density at radius 2 is 1.83 bits per heavy atom. The van der Waals surface area contributed by atoms with Crippen LogP contribution in [0.15, 0.2) is 36.5 Å². The van der Waals surface area contributed by atoms with Crippen molar-refractivity contribution in [2.45, 2.75) is 0 Å². The van der Waals surface area contributed by atoms with E-state index in [-0.39, 0.29) is 0 Å². The summed E-state index contributed by atoms with van der Waals surface area (Å²) in [6.45, 7) is 0. The average molecular weight is 266 g/mol. The molecule has 0 saturated heterocycles. The molecule has 1 aromatic heterocycles. The van der Waals surface area contributed by atoms with Gasteiger partial charge in [0, 0.05) is 26.0 Å². The standard InChI is InChI=1S/C11H14N4O2S/c1-15(2)18(16,17)14-10-5-3-9(4-6-10)11-7-8-12-13-11/h3-8,14H,1-2H3,(H,12,13). The Hall–Kier alpha value is -1.86. The van der Waals surface area contributed by atoms with E-state index in [0.29, 0.717) is 5.69 Å². The maximum absolute atomic E-state index is 11.6. The lowest BCUT2D eigenvalue weighted by Gasteiger charge is -2.13. The fraction of sp³-hybridized carbons (Fsp3) is 0.182. The first-order chi connectivity index (χ1) is 8.49. The van der Waals surface area contributed by atoms with Crippen LogP contribution < -0.4 is 4.72 Å². The fourth-order valence-electron chi connectivity index (χ4n) is 1.37. The van der Waals surface area contributed by atoms with E-state index >= 15 is 0 Å². The van der Waals surface area contributed by atoms with Crippen LogP contribution in [-0.4, -0.2) is 37.0 Å². The highest BCUT2D eigenvalue weighted by Crippen LogP contribution is 2.19.